The molecule has 1 N–H and O–H groups in total. The van der Waals surface area contributed by atoms with Gasteiger partial charge >= 0.3 is 0 Å². The number of Topliss-reactive ketones (excluding diaryl/α,β-unsaturated/α-hetero) is 1. The van der Waals surface area contributed by atoms with Crippen LogP contribution in [0.5, 0.6) is 5.75 Å². The summed E-state index contributed by atoms with van der Waals surface area (Å²) >= 11 is 6.10. The zero-order valence-electron chi connectivity index (χ0n) is 23.1. The number of ketones is 1. The molecule has 1 heterocycles. The molecule has 1 fully saturated rings. The number of hydrogen-bond acceptors (Lipinski definition) is 5. The Kier molecular flexibility index (Phi) is 8.66. The summed E-state index contributed by atoms with van der Waals surface area (Å²) in [6.07, 6.45) is 0. The SMILES string of the molecule is CCN(CC)c1ccc(C2/C(=C(/O)c3ccc(OCC(C)C)c(C)c3)C(=O)C(=O)N2c2ccc(Cl)cc2)cc1. The van der Waals surface area contributed by atoms with Crippen LogP contribution >= 0.6 is 11.6 Å². The minimum absolute atomic E-state index is 0.0424. The Bertz CT molecular complexity index is 1380. The van der Waals surface area contributed by atoms with Crippen molar-refractivity contribution in [1.29, 1.82) is 0 Å². The van der Waals surface area contributed by atoms with E-state index in [1.165, 1.54) is 4.90 Å². The van der Waals surface area contributed by atoms with E-state index >= 15 is 0 Å². The summed E-state index contributed by atoms with van der Waals surface area (Å²) in [4.78, 5) is 30.6. The predicted octanol–water partition coefficient (Wildman–Crippen LogP) is 7.16. The van der Waals surface area contributed by atoms with E-state index in [1.807, 2.05) is 31.2 Å². The van der Waals surface area contributed by atoms with Crippen LogP contribution in [0.4, 0.5) is 11.4 Å². The van der Waals surface area contributed by atoms with Crippen LogP contribution in [0.15, 0.2) is 72.3 Å². The van der Waals surface area contributed by atoms with Crippen molar-refractivity contribution in [3.8, 4) is 5.75 Å². The summed E-state index contributed by atoms with van der Waals surface area (Å²) in [5, 5.41) is 12.0. The third kappa shape index (κ3) is 5.81. The highest BCUT2D eigenvalue weighted by molar-refractivity contribution is 6.51. The average Bonchev–Trinajstić information content (AvgIpc) is 3.19. The molecule has 7 heteroatoms. The highest BCUT2D eigenvalue weighted by Gasteiger charge is 2.47. The molecule has 1 aliphatic rings. The van der Waals surface area contributed by atoms with Gasteiger partial charge in [0.1, 0.15) is 11.5 Å². The number of carbonyl (C=O) groups excluding carboxylic acids is 2. The molecule has 1 aliphatic heterocycles. The molecule has 204 valence electrons. The molecule has 6 nitrogen and oxygen atoms in total. The van der Waals surface area contributed by atoms with Crippen LogP contribution in [0.1, 0.15) is 50.4 Å². The number of rotatable bonds is 9. The van der Waals surface area contributed by atoms with Gasteiger partial charge in [0.05, 0.1) is 18.2 Å². The Labute approximate surface area is 235 Å². The van der Waals surface area contributed by atoms with Crippen LogP contribution < -0.4 is 14.5 Å². The van der Waals surface area contributed by atoms with Crippen molar-refractivity contribution in [3.63, 3.8) is 0 Å². The van der Waals surface area contributed by atoms with Crippen molar-refractivity contribution >= 4 is 40.4 Å². The zero-order chi connectivity index (χ0) is 28.3. The summed E-state index contributed by atoms with van der Waals surface area (Å²) in [6.45, 7) is 12.5. The van der Waals surface area contributed by atoms with Crippen molar-refractivity contribution in [1.82, 2.24) is 0 Å². The third-order valence-electron chi connectivity index (χ3n) is 6.91. The molecule has 1 unspecified atom stereocenters. The minimum Gasteiger partial charge on any atom is -0.507 e. The standard InChI is InChI=1S/C32H35ClN2O4/c1-6-34(7-2)25-13-8-22(9-14-25)29-28(31(37)32(38)35(29)26-15-11-24(33)12-16-26)30(36)23-10-17-27(21(5)18-23)39-19-20(3)4/h8-18,20,29,36H,6-7,19H2,1-5H3/b30-28-. The molecule has 0 aliphatic carbocycles. The number of aliphatic hydroxyl groups excluding tert-OH is 1. The quantitative estimate of drug-likeness (QED) is 0.175. The van der Waals surface area contributed by atoms with E-state index in [0.717, 1.165) is 29.9 Å². The van der Waals surface area contributed by atoms with Crippen LogP contribution in [-0.2, 0) is 9.59 Å². The molecule has 1 atom stereocenters. The number of nitrogens with zero attached hydrogens (tertiary/aromatic N) is 2. The number of benzene rings is 3. The molecular formula is C32H35ClN2O4. The van der Waals surface area contributed by atoms with Gasteiger partial charge < -0.3 is 14.7 Å². The fraction of sp³-hybridized carbons (Fsp3) is 0.312. The molecule has 4 rings (SSSR count). The maximum atomic E-state index is 13.5. The van der Waals surface area contributed by atoms with Crippen molar-refractivity contribution in [3.05, 3.63) is 94.0 Å². The second kappa shape index (κ2) is 12.0. The van der Waals surface area contributed by atoms with Crippen molar-refractivity contribution in [2.75, 3.05) is 29.5 Å². The lowest BCUT2D eigenvalue weighted by Gasteiger charge is -2.27. The highest BCUT2D eigenvalue weighted by atomic mass is 35.5. The first kappa shape index (κ1) is 28.2. The van der Waals surface area contributed by atoms with Gasteiger partial charge in [0, 0.05) is 35.1 Å². The number of halogens is 1. The van der Waals surface area contributed by atoms with Crippen LogP contribution in [0.25, 0.3) is 5.76 Å². The van der Waals surface area contributed by atoms with Crippen LogP contribution in [0.2, 0.25) is 5.02 Å². The summed E-state index contributed by atoms with van der Waals surface area (Å²) in [7, 11) is 0. The Morgan fingerprint density at radius 3 is 2.21 bits per heavy atom. The minimum atomic E-state index is -0.811. The lowest BCUT2D eigenvalue weighted by molar-refractivity contribution is -0.132. The van der Waals surface area contributed by atoms with Gasteiger partial charge in [-0.1, -0.05) is 37.6 Å². The van der Waals surface area contributed by atoms with Gasteiger partial charge in [0.2, 0.25) is 0 Å². The zero-order valence-corrected chi connectivity index (χ0v) is 23.8. The Morgan fingerprint density at radius 1 is 1.00 bits per heavy atom. The summed E-state index contributed by atoms with van der Waals surface area (Å²) in [5.74, 6) is -0.579. The molecule has 3 aromatic carbocycles. The summed E-state index contributed by atoms with van der Waals surface area (Å²) < 4.78 is 5.88. The third-order valence-corrected chi connectivity index (χ3v) is 7.16. The van der Waals surface area contributed by atoms with Crippen LogP contribution in [0.3, 0.4) is 0 Å². The highest BCUT2D eigenvalue weighted by Crippen LogP contribution is 2.43. The van der Waals surface area contributed by atoms with E-state index in [4.69, 9.17) is 16.3 Å². The predicted molar refractivity (Wildman–Crippen MR) is 158 cm³/mol. The number of hydrogen-bond donors (Lipinski definition) is 1. The first-order valence-corrected chi connectivity index (χ1v) is 13.7. The van der Waals surface area contributed by atoms with E-state index in [0.29, 0.717) is 34.5 Å². The number of ether oxygens (including phenoxy) is 1. The Balaban J connectivity index is 1.84. The normalized spacial score (nSPS) is 16.7. The number of aryl methyl sites for hydroxylation is 1. The molecule has 0 aromatic heterocycles. The summed E-state index contributed by atoms with van der Waals surface area (Å²) in [6, 6.07) is 19.0. The van der Waals surface area contributed by atoms with E-state index in [9.17, 15) is 14.7 Å². The second-order valence-electron chi connectivity index (χ2n) is 10.1. The van der Waals surface area contributed by atoms with Gasteiger partial charge in [-0.25, -0.2) is 0 Å². The molecule has 39 heavy (non-hydrogen) atoms. The van der Waals surface area contributed by atoms with E-state index in [-0.39, 0.29) is 11.3 Å². The molecule has 0 saturated carbocycles. The van der Waals surface area contributed by atoms with Gasteiger partial charge in [0.25, 0.3) is 11.7 Å². The molecule has 0 bridgehead atoms. The van der Waals surface area contributed by atoms with E-state index in [1.54, 1.807) is 42.5 Å². The number of amides is 1. The van der Waals surface area contributed by atoms with Crippen molar-refractivity contribution in [2.24, 2.45) is 5.92 Å². The van der Waals surface area contributed by atoms with Gasteiger partial charge in [-0.05, 0) is 92.4 Å². The maximum absolute atomic E-state index is 13.5. The van der Waals surface area contributed by atoms with Gasteiger partial charge in [-0.15, -0.1) is 0 Å². The lowest BCUT2D eigenvalue weighted by atomic mass is 9.94. The summed E-state index contributed by atoms with van der Waals surface area (Å²) in [5.41, 5.74) is 3.60. The van der Waals surface area contributed by atoms with Crippen molar-refractivity contribution < 1.29 is 19.4 Å². The van der Waals surface area contributed by atoms with Gasteiger partial charge in [-0.2, -0.15) is 0 Å². The smallest absolute Gasteiger partial charge is 0.300 e. The van der Waals surface area contributed by atoms with Gasteiger partial charge in [-0.3, -0.25) is 14.5 Å². The monoisotopic (exact) mass is 546 g/mol. The second-order valence-corrected chi connectivity index (χ2v) is 10.5. The average molecular weight is 547 g/mol. The molecule has 1 amide bonds. The van der Waals surface area contributed by atoms with E-state index in [2.05, 4.69) is 32.6 Å². The molecule has 0 spiro atoms. The Morgan fingerprint density at radius 2 is 1.64 bits per heavy atom. The van der Waals surface area contributed by atoms with E-state index < -0.39 is 17.7 Å². The molecule has 0 radical (unpaired) electrons. The Hall–Kier alpha value is -3.77. The molecule has 3 aromatic rings. The first-order valence-electron chi connectivity index (χ1n) is 13.3. The number of carbonyl (C=O) groups is 2. The lowest BCUT2D eigenvalue weighted by Crippen LogP contribution is -2.29. The maximum Gasteiger partial charge on any atom is 0.300 e. The van der Waals surface area contributed by atoms with Crippen LogP contribution in [0, 0.1) is 12.8 Å². The fourth-order valence-electron chi connectivity index (χ4n) is 4.84. The van der Waals surface area contributed by atoms with Crippen molar-refractivity contribution in [2.45, 2.75) is 40.7 Å². The number of anilines is 2. The van der Waals surface area contributed by atoms with Crippen LogP contribution in [-0.4, -0.2) is 36.5 Å². The first-order chi connectivity index (χ1) is 18.7. The molecular weight excluding hydrogens is 512 g/mol. The largest absolute Gasteiger partial charge is 0.507 e. The topological polar surface area (TPSA) is 70.1 Å². The van der Waals surface area contributed by atoms with Gasteiger partial charge in [0.15, 0.2) is 0 Å². The fourth-order valence-corrected chi connectivity index (χ4v) is 4.97. The molecule has 1 saturated heterocycles. The number of aliphatic hydroxyl groups is 1.